The molecule has 0 bridgehead atoms. The molecule has 22 heavy (non-hydrogen) atoms. The van der Waals surface area contributed by atoms with Crippen LogP contribution < -0.4 is 0 Å². The standard InChI is InChI=1S/C14H16Cl2N4O2/c1-2-5-19(9-14(21)22)7-10-8-20(18-17-10)11-3-4-12(15)13(16)6-11/h3-4,6,8H,2,5,7,9H2,1H3,(H,21,22). The van der Waals surface area contributed by atoms with Gasteiger partial charge in [0.2, 0.25) is 0 Å². The van der Waals surface area contributed by atoms with Crippen LogP contribution in [0.1, 0.15) is 19.0 Å². The Morgan fingerprint density at radius 2 is 2.14 bits per heavy atom. The molecule has 0 unspecified atom stereocenters. The predicted octanol–water partition coefficient (Wildman–Crippen LogP) is 2.87. The lowest BCUT2D eigenvalue weighted by molar-refractivity contribution is -0.138. The van der Waals surface area contributed by atoms with E-state index >= 15 is 0 Å². The summed E-state index contributed by atoms with van der Waals surface area (Å²) in [7, 11) is 0. The van der Waals surface area contributed by atoms with Crippen molar-refractivity contribution < 1.29 is 9.90 Å². The first-order valence-electron chi connectivity index (χ1n) is 6.80. The molecule has 2 aromatic rings. The van der Waals surface area contributed by atoms with Gasteiger partial charge in [0.25, 0.3) is 0 Å². The van der Waals surface area contributed by atoms with Crippen LogP contribution in [0.25, 0.3) is 5.69 Å². The van der Waals surface area contributed by atoms with E-state index in [1.165, 1.54) is 0 Å². The molecule has 0 amide bonds. The van der Waals surface area contributed by atoms with Gasteiger partial charge in [0.05, 0.1) is 34.2 Å². The number of aliphatic carboxylic acids is 1. The monoisotopic (exact) mass is 342 g/mol. The van der Waals surface area contributed by atoms with Gasteiger partial charge in [0.15, 0.2) is 0 Å². The van der Waals surface area contributed by atoms with Gasteiger partial charge in [-0.1, -0.05) is 35.3 Å². The van der Waals surface area contributed by atoms with E-state index in [0.29, 0.717) is 28.8 Å². The van der Waals surface area contributed by atoms with Crippen molar-refractivity contribution in [2.24, 2.45) is 0 Å². The number of carbonyl (C=O) groups is 1. The molecule has 0 saturated carbocycles. The number of hydrogen-bond acceptors (Lipinski definition) is 4. The number of benzene rings is 1. The lowest BCUT2D eigenvalue weighted by atomic mass is 10.3. The van der Waals surface area contributed by atoms with Gasteiger partial charge >= 0.3 is 5.97 Å². The number of carboxylic acids is 1. The van der Waals surface area contributed by atoms with Crippen LogP contribution in [0.15, 0.2) is 24.4 Å². The SMILES string of the molecule is CCCN(CC(=O)O)Cc1cn(-c2ccc(Cl)c(Cl)c2)nn1. The molecule has 118 valence electrons. The zero-order chi connectivity index (χ0) is 16.1. The van der Waals surface area contributed by atoms with Gasteiger partial charge in [0.1, 0.15) is 0 Å². The molecule has 0 radical (unpaired) electrons. The van der Waals surface area contributed by atoms with E-state index in [-0.39, 0.29) is 6.54 Å². The van der Waals surface area contributed by atoms with Gasteiger partial charge in [-0.2, -0.15) is 0 Å². The zero-order valence-corrected chi connectivity index (χ0v) is 13.5. The molecule has 8 heteroatoms. The van der Waals surface area contributed by atoms with E-state index in [0.717, 1.165) is 12.1 Å². The first-order chi connectivity index (χ1) is 10.5. The van der Waals surface area contributed by atoms with Gasteiger partial charge in [-0.25, -0.2) is 4.68 Å². The minimum absolute atomic E-state index is 0.0204. The van der Waals surface area contributed by atoms with Crippen LogP contribution in [0.3, 0.4) is 0 Å². The minimum Gasteiger partial charge on any atom is -0.480 e. The molecular formula is C14H16Cl2N4O2. The second-order valence-electron chi connectivity index (χ2n) is 4.86. The molecule has 0 spiro atoms. The van der Waals surface area contributed by atoms with Crippen molar-refractivity contribution in [1.82, 2.24) is 19.9 Å². The second kappa shape index (κ2) is 7.58. The molecule has 0 aliphatic heterocycles. The summed E-state index contributed by atoms with van der Waals surface area (Å²) in [5, 5.41) is 17.9. The summed E-state index contributed by atoms with van der Waals surface area (Å²) >= 11 is 11.9. The average molecular weight is 343 g/mol. The fourth-order valence-electron chi connectivity index (χ4n) is 2.08. The topological polar surface area (TPSA) is 71.2 Å². The summed E-state index contributed by atoms with van der Waals surface area (Å²) in [5.41, 5.74) is 1.44. The Kier molecular flexibility index (Phi) is 5.76. The first-order valence-corrected chi connectivity index (χ1v) is 7.56. The van der Waals surface area contributed by atoms with Gasteiger partial charge in [0, 0.05) is 6.54 Å². The fraction of sp³-hybridized carbons (Fsp3) is 0.357. The molecule has 1 aromatic carbocycles. The first kappa shape index (κ1) is 16.7. The van der Waals surface area contributed by atoms with Crippen LogP contribution >= 0.6 is 23.2 Å². The molecule has 1 N–H and O–H groups in total. The molecule has 2 rings (SSSR count). The fourth-order valence-corrected chi connectivity index (χ4v) is 2.37. The maximum Gasteiger partial charge on any atom is 0.317 e. The molecule has 0 aliphatic rings. The highest BCUT2D eigenvalue weighted by Gasteiger charge is 2.12. The van der Waals surface area contributed by atoms with Gasteiger partial charge in [-0.05, 0) is 31.2 Å². The summed E-state index contributed by atoms with van der Waals surface area (Å²) in [6.45, 7) is 3.10. The highest BCUT2D eigenvalue weighted by Crippen LogP contribution is 2.24. The minimum atomic E-state index is -0.856. The van der Waals surface area contributed by atoms with Crippen molar-refractivity contribution >= 4 is 29.2 Å². The van der Waals surface area contributed by atoms with E-state index in [1.807, 2.05) is 11.8 Å². The number of halogens is 2. The Morgan fingerprint density at radius 1 is 1.36 bits per heavy atom. The second-order valence-corrected chi connectivity index (χ2v) is 5.67. The van der Waals surface area contributed by atoms with E-state index in [9.17, 15) is 4.79 Å². The maximum absolute atomic E-state index is 10.9. The Balaban J connectivity index is 2.12. The molecule has 0 fully saturated rings. The largest absolute Gasteiger partial charge is 0.480 e. The van der Waals surface area contributed by atoms with Gasteiger partial charge in [-0.15, -0.1) is 5.10 Å². The normalized spacial score (nSPS) is 11.1. The van der Waals surface area contributed by atoms with Crippen LogP contribution in [0, 0.1) is 0 Å². The molecule has 0 saturated heterocycles. The number of hydrogen-bond donors (Lipinski definition) is 1. The number of carboxylic acid groups (broad SMARTS) is 1. The van der Waals surface area contributed by atoms with Crippen molar-refractivity contribution in [2.45, 2.75) is 19.9 Å². The highest BCUT2D eigenvalue weighted by atomic mass is 35.5. The molecule has 0 atom stereocenters. The lowest BCUT2D eigenvalue weighted by Crippen LogP contribution is -2.30. The molecule has 6 nitrogen and oxygen atoms in total. The van der Waals surface area contributed by atoms with E-state index in [1.54, 1.807) is 29.1 Å². The highest BCUT2D eigenvalue weighted by molar-refractivity contribution is 6.42. The van der Waals surface area contributed by atoms with Crippen LogP contribution in [0.2, 0.25) is 10.0 Å². The van der Waals surface area contributed by atoms with Crippen LogP contribution in [0.4, 0.5) is 0 Å². The number of nitrogens with zero attached hydrogens (tertiary/aromatic N) is 4. The quantitative estimate of drug-likeness (QED) is 0.837. The molecule has 1 aromatic heterocycles. The lowest BCUT2D eigenvalue weighted by Gasteiger charge is -2.17. The van der Waals surface area contributed by atoms with Crippen LogP contribution in [0.5, 0.6) is 0 Å². The molecule has 1 heterocycles. The summed E-state index contributed by atoms with van der Waals surface area (Å²) < 4.78 is 1.59. The Hall–Kier alpha value is -1.63. The third kappa shape index (κ3) is 4.43. The number of rotatable bonds is 7. The summed E-state index contributed by atoms with van der Waals surface area (Å²) in [6.07, 6.45) is 2.62. The van der Waals surface area contributed by atoms with E-state index < -0.39 is 5.97 Å². The van der Waals surface area contributed by atoms with Gasteiger partial charge < -0.3 is 5.11 Å². The van der Waals surface area contributed by atoms with Gasteiger partial charge in [-0.3, -0.25) is 9.69 Å². The summed E-state index contributed by atoms with van der Waals surface area (Å²) in [5.74, 6) is -0.856. The van der Waals surface area contributed by atoms with Crippen molar-refractivity contribution in [1.29, 1.82) is 0 Å². The van der Waals surface area contributed by atoms with E-state index in [2.05, 4.69) is 10.3 Å². The van der Waals surface area contributed by atoms with Crippen LogP contribution in [-0.2, 0) is 11.3 Å². The van der Waals surface area contributed by atoms with Crippen molar-refractivity contribution in [2.75, 3.05) is 13.1 Å². The molecule has 0 aliphatic carbocycles. The Bertz CT molecular complexity index is 660. The Morgan fingerprint density at radius 3 is 2.77 bits per heavy atom. The molecular weight excluding hydrogens is 327 g/mol. The van der Waals surface area contributed by atoms with E-state index in [4.69, 9.17) is 28.3 Å². The average Bonchev–Trinajstić information content (AvgIpc) is 2.90. The van der Waals surface area contributed by atoms with Crippen molar-refractivity contribution in [3.8, 4) is 5.69 Å². The number of aromatic nitrogens is 3. The zero-order valence-electron chi connectivity index (χ0n) is 12.0. The Labute approximate surface area is 138 Å². The third-order valence-corrected chi connectivity index (χ3v) is 3.73. The van der Waals surface area contributed by atoms with Crippen LogP contribution in [-0.4, -0.2) is 44.1 Å². The summed E-state index contributed by atoms with van der Waals surface area (Å²) in [6, 6.07) is 5.17. The van der Waals surface area contributed by atoms with Crippen molar-refractivity contribution in [3.05, 3.63) is 40.1 Å². The third-order valence-electron chi connectivity index (χ3n) is 2.99. The maximum atomic E-state index is 10.9. The summed E-state index contributed by atoms with van der Waals surface area (Å²) in [4.78, 5) is 12.7. The predicted molar refractivity (Wildman–Crippen MR) is 84.6 cm³/mol. The van der Waals surface area contributed by atoms with Crippen molar-refractivity contribution in [3.63, 3.8) is 0 Å². The smallest absolute Gasteiger partial charge is 0.317 e.